The zero-order valence-corrected chi connectivity index (χ0v) is 14.7. The summed E-state index contributed by atoms with van der Waals surface area (Å²) >= 11 is 0. The number of nitrogens with two attached hydrogens (primary N) is 1. The smallest absolute Gasteiger partial charge is 0.225 e. The van der Waals surface area contributed by atoms with E-state index in [1.165, 1.54) is 7.11 Å². The topological polar surface area (TPSA) is 98.5 Å². The number of anilines is 2. The molecule has 0 radical (unpaired) electrons. The van der Waals surface area contributed by atoms with E-state index in [0.29, 0.717) is 30.0 Å². The van der Waals surface area contributed by atoms with Crippen molar-refractivity contribution < 1.29 is 17.9 Å². The van der Waals surface area contributed by atoms with Gasteiger partial charge in [0, 0.05) is 12.5 Å². The van der Waals surface area contributed by atoms with Crippen molar-refractivity contribution in [1.82, 2.24) is 0 Å². The minimum absolute atomic E-state index is 0. The molecule has 8 heteroatoms. The number of halogens is 1. The molecule has 1 fully saturated rings. The zero-order chi connectivity index (χ0) is 16.2. The second-order valence-electron chi connectivity index (χ2n) is 5.52. The van der Waals surface area contributed by atoms with Crippen LogP contribution in [0, 0.1) is 0 Å². The van der Waals surface area contributed by atoms with Crippen molar-refractivity contribution >= 4 is 39.5 Å². The summed E-state index contributed by atoms with van der Waals surface area (Å²) < 4.78 is 29.3. The number of sulfone groups is 1. The number of nitrogens with one attached hydrogen (secondary N) is 1. The molecule has 0 aliphatic heterocycles. The number of methoxy groups -OCH3 is 1. The second-order valence-corrected chi connectivity index (χ2v) is 7.93. The van der Waals surface area contributed by atoms with Crippen LogP contribution >= 0.6 is 12.4 Å². The van der Waals surface area contributed by atoms with Gasteiger partial charge >= 0.3 is 0 Å². The van der Waals surface area contributed by atoms with Gasteiger partial charge in [-0.3, -0.25) is 4.79 Å². The van der Waals surface area contributed by atoms with E-state index in [1.54, 1.807) is 18.2 Å². The summed E-state index contributed by atoms with van der Waals surface area (Å²) in [6.45, 7) is 0. The summed E-state index contributed by atoms with van der Waals surface area (Å²) in [5.74, 6) is 0.0949. The minimum atomic E-state index is -3.19. The Balaban J connectivity index is 0.00000264. The molecular formula is C15H23ClN2O4S. The molecule has 0 bridgehead atoms. The van der Waals surface area contributed by atoms with Crippen LogP contribution in [0.15, 0.2) is 18.2 Å². The first kappa shape index (κ1) is 19.6. The van der Waals surface area contributed by atoms with Crippen LogP contribution in [-0.4, -0.2) is 32.4 Å². The second kappa shape index (κ2) is 8.40. The maximum absolute atomic E-state index is 12.1. The van der Waals surface area contributed by atoms with Gasteiger partial charge in [-0.2, -0.15) is 0 Å². The predicted molar refractivity (Wildman–Crippen MR) is 93.9 cm³/mol. The molecule has 1 saturated carbocycles. The largest absolute Gasteiger partial charge is 0.497 e. The molecule has 23 heavy (non-hydrogen) atoms. The molecular weight excluding hydrogens is 340 g/mol. The maximum atomic E-state index is 12.1. The van der Waals surface area contributed by atoms with Gasteiger partial charge in [0.1, 0.15) is 5.75 Å². The third-order valence-electron chi connectivity index (χ3n) is 3.96. The number of hydrogen-bond donors (Lipinski definition) is 2. The summed E-state index contributed by atoms with van der Waals surface area (Å²) in [4.78, 5) is 12.0. The maximum Gasteiger partial charge on any atom is 0.225 e. The molecule has 2 rings (SSSR count). The molecule has 3 N–H and O–H groups in total. The highest BCUT2D eigenvalue weighted by Gasteiger charge is 2.28. The van der Waals surface area contributed by atoms with Gasteiger partial charge in [0.25, 0.3) is 0 Å². The molecule has 0 unspecified atom stereocenters. The van der Waals surface area contributed by atoms with Crippen molar-refractivity contribution in [2.45, 2.75) is 37.4 Å². The Hall–Kier alpha value is -1.47. The third-order valence-corrected chi connectivity index (χ3v) is 6.22. The number of amides is 1. The highest BCUT2D eigenvalue weighted by Crippen LogP contribution is 2.26. The van der Waals surface area contributed by atoms with E-state index in [9.17, 15) is 13.2 Å². The Bertz CT molecular complexity index is 643. The van der Waals surface area contributed by atoms with Crippen molar-refractivity contribution in [3.05, 3.63) is 18.2 Å². The zero-order valence-electron chi connectivity index (χ0n) is 13.1. The van der Waals surface area contributed by atoms with Gasteiger partial charge in [-0.1, -0.05) is 12.8 Å². The van der Waals surface area contributed by atoms with Crippen LogP contribution < -0.4 is 15.8 Å². The molecule has 130 valence electrons. The van der Waals surface area contributed by atoms with E-state index in [2.05, 4.69) is 5.32 Å². The fraction of sp³-hybridized carbons (Fsp3) is 0.533. The first-order valence-electron chi connectivity index (χ1n) is 7.37. The highest BCUT2D eigenvalue weighted by molar-refractivity contribution is 7.92. The lowest BCUT2D eigenvalue weighted by atomic mass is 10.2. The van der Waals surface area contributed by atoms with E-state index in [4.69, 9.17) is 10.5 Å². The highest BCUT2D eigenvalue weighted by atomic mass is 35.5. The van der Waals surface area contributed by atoms with Crippen LogP contribution in [0.1, 0.15) is 32.1 Å². The number of rotatable bonds is 6. The number of benzene rings is 1. The molecule has 1 aromatic rings. The first-order chi connectivity index (χ1) is 10.4. The standard InChI is InChI=1S/C15H22N2O4S.ClH/c1-21-11-6-7-13(16)14(10-11)17-15(18)8-9-22(19,20)12-4-2-3-5-12;/h6-7,10,12H,2-5,8-9,16H2,1H3,(H,17,18);1H. The Morgan fingerprint density at radius 1 is 1.35 bits per heavy atom. The molecule has 6 nitrogen and oxygen atoms in total. The van der Waals surface area contributed by atoms with Gasteiger partial charge in [0.05, 0.1) is 29.5 Å². The third kappa shape index (κ3) is 5.28. The van der Waals surface area contributed by atoms with Crippen molar-refractivity contribution in [2.24, 2.45) is 0 Å². The Morgan fingerprint density at radius 3 is 2.61 bits per heavy atom. The Kier molecular flexibility index (Phi) is 7.15. The van der Waals surface area contributed by atoms with E-state index in [1.807, 2.05) is 0 Å². The van der Waals surface area contributed by atoms with E-state index in [0.717, 1.165) is 12.8 Å². The summed E-state index contributed by atoms with van der Waals surface area (Å²) in [6.07, 6.45) is 3.28. The van der Waals surface area contributed by atoms with E-state index in [-0.39, 0.29) is 35.7 Å². The number of carbonyl (C=O) groups is 1. The van der Waals surface area contributed by atoms with Gasteiger partial charge in [0.2, 0.25) is 5.91 Å². The molecule has 0 spiro atoms. The van der Waals surface area contributed by atoms with Crippen LogP contribution in [0.3, 0.4) is 0 Å². The molecule has 1 aliphatic carbocycles. The van der Waals surface area contributed by atoms with Crippen molar-refractivity contribution in [1.29, 1.82) is 0 Å². The van der Waals surface area contributed by atoms with Crippen LogP contribution in [-0.2, 0) is 14.6 Å². The van der Waals surface area contributed by atoms with E-state index >= 15 is 0 Å². The molecule has 1 aliphatic rings. The van der Waals surface area contributed by atoms with Crippen molar-refractivity contribution in [3.63, 3.8) is 0 Å². The van der Waals surface area contributed by atoms with Crippen molar-refractivity contribution in [2.75, 3.05) is 23.9 Å². The Labute approximate surface area is 143 Å². The normalized spacial score (nSPS) is 15.0. The molecule has 0 saturated heterocycles. The van der Waals surface area contributed by atoms with Crippen LogP contribution in [0.4, 0.5) is 11.4 Å². The van der Waals surface area contributed by atoms with E-state index < -0.39 is 9.84 Å². The monoisotopic (exact) mass is 362 g/mol. The van der Waals surface area contributed by atoms with Crippen LogP contribution in [0.5, 0.6) is 5.75 Å². The number of hydrogen-bond acceptors (Lipinski definition) is 5. The van der Waals surface area contributed by atoms with Gasteiger partial charge in [-0.05, 0) is 25.0 Å². The fourth-order valence-corrected chi connectivity index (χ4v) is 4.49. The first-order valence-corrected chi connectivity index (χ1v) is 9.09. The SMILES string of the molecule is COc1ccc(N)c(NC(=O)CCS(=O)(=O)C2CCCC2)c1.Cl. The molecule has 1 amide bonds. The Morgan fingerprint density at radius 2 is 2.00 bits per heavy atom. The van der Waals surface area contributed by atoms with Gasteiger partial charge in [0.15, 0.2) is 9.84 Å². The van der Waals surface area contributed by atoms with Gasteiger partial charge < -0.3 is 15.8 Å². The molecule has 0 heterocycles. The lowest BCUT2D eigenvalue weighted by molar-refractivity contribution is -0.115. The summed E-state index contributed by atoms with van der Waals surface area (Å²) in [6, 6.07) is 4.93. The fourth-order valence-electron chi connectivity index (χ4n) is 2.63. The minimum Gasteiger partial charge on any atom is -0.497 e. The van der Waals surface area contributed by atoms with Crippen LogP contribution in [0.2, 0.25) is 0 Å². The quantitative estimate of drug-likeness (QED) is 0.757. The average molecular weight is 363 g/mol. The lowest BCUT2D eigenvalue weighted by Gasteiger charge is -2.12. The summed E-state index contributed by atoms with van der Waals surface area (Å²) in [5.41, 5.74) is 6.63. The van der Waals surface area contributed by atoms with Crippen molar-refractivity contribution in [3.8, 4) is 5.75 Å². The van der Waals surface area contributed by atoms with Gasteiger partial charge in [-0.25, -0.2) is 8.42 Å². The summed E-state index contributed by atoms with van der Waals surface area (Å²) in [7, 11) is -1.67. The van der Waals surface area contributed by atoms with Crippen LogP contribution in [0.25, 0.3) is 0 Å². The predicted octanol–water partition coefficient (Wildman–Crippen LogP) is 2.39. The average Bonchev–Trinajstić information content (AvgIpc) is 3.03. The molecule has 0 aromatic heterocycles. The molecule has 0 atom stereocenters. The number of carbonyl (C=O) groups excluding carboxylic acids is 1. The number of ether oxygens (including phenoxy) is 1. The summed E-state index contributed by atoms with van der Waals surface area (Å²) in [5, 5.41) is 2.36. The molecule has 1 aromatic carbocycles. The lowest BCUT2D eigenvalue weighted by Crippen LogP contribution is -2.24. The number of nitrogen functional groups attached to an aromatic ring is 1. The van der Waals surface area contributed by atoms with Gasteiger partial charge in [-0.15, -0.1) is 12.4 Å².